The number of H-pyrrole nitrogens is 1. The van der Waals surface area contributed by atoms with Crippen LogP contribution >= 0.6 is 11.6 Å². The summed E-state index contributed by atoms with van der Waals surface area (Å²) >= 11 is 6.22. The second-order valence-corrected chi connectivity index (χ2v) is 21.7. The van der Waals surface area contributed by atoms with E-state index in [0.29, 0.717) is 40.9 Å². The third-order valence-electron chi connectivity index (χ3n) is 12.4. The van der Waals surface area contributed by atoms with E-state index in [9.17, 15) is 44.7 Å². The maximum atomic E-state index is 14.0. The maximum absolute atomic E-state index is 14.0. The van der Waals surface area contributed by atoms with E-state index < -0.39 is 59.0 Å². The van der Waals surface area contributed by atoms with E-state index >= 15 is 0 Å². The number of piperazine rings is 1. The highest BCUT2D eigenvalue weighted by atomic mass is 35.5. The topological polar surface area (TPSA) is 204 Å². The molecule has 1 unspecified atom stereocenters. The van der Waals surface area contributed by atoms with Gasteiger partial charge in [0.1, 0.15) is 22.0 Å². The van der Waals surface area contributed by atoms with Gasteiger partial charge in [0, 0.05) is 74.2 Å². The number of halogens is 4. The summed E-state index contributed by atoms with van der Waals surface area (Å²) in [4.78, 5) is 35.9. The molecule has 1 atom stereocenters. The van der Waals surface area contributed by atoms with E-state index in [0.717, 1.165) is 55.9 Å². The van der Waals surface area contributed by atoms with Crippen LogP contribution in [0.4, 0.5) is 29.3 Å². The molecule has 4 N–H and O–H groups in total. The lowest BCUT2D eigenvalue weighted by molar-refractivity contribution is -0.0436. The molecule has 0 bridgehead atoms. The number of pyridine rings is 1. The molecule has 22 heteroatoms. The summed E-state index contributed by atoms with van der Waals surface area (Å²) in [5.74, 6) is -1.05. The monoisotopic (exact) mass is 999 g/mol. The Bertz CT molecular complexity index is 2980. The molecule has 362 valence electrons. The van der Waals surface area contributed by atoms with Crippen LogP contribution in [0.5, 0.6) is 11.5 Å². The number of ether oxygens (including phenoxy) is 2. The van der Waals surface area contributed by atoms with Gasteiger partial charge in [0.25, 0.3) is 25.8 Å². The van der Waals surface area contributed by atoms with Gasteiger partial charge in [-0.1, -0.05) is 43.2 Å². The number of alkyl halides is 3. The van der Waals surface area contributed by atoms with Gasteiger partial charge in [-0.3, -0.25) is 9.69 Å². The van der Waals surface area contributed by atoms with Crippen LogP contribution in [-0.4, -0.2) is 124 Å². The first-order valence-electron chi connectivity index (χ1n) is 21.7. The number of amides is 2. The maximum Gasteiger partial charge on any atom is 0.501 e. The molecule has 3 aliphatic rings. The number of aromatic amines is 1. The van der Waals surface area contributed by atoms with Crippen molar-refractivity contribution in [3.63, 3.8) is 0 Å². The zero-order valence-corrected chi connectivity index (χ0v) is 39.4. The van der Waals surface area contributed by atoms with E-state index in [2.05, 4.69) is 51.1 Å². The van der Waals surface area contributed by atoms with Crippen molar-refractivity contribution in [1.29, 1.82) is 0 Å². The first kappa shape index (κ1) is 48.6. The van der Waals surface area contributed by atoms with Crippen LogP contribution < -0.4 is 19.7 Å². The molecule has 2 aromatic heterocycles. The fourth-order valence-electron chi connectivity index (χ4n) is 8.62. The molecule has 2 saturated heterocycles. The van der Waals surface area contributed by atoms with Gasteiger partial charge in [-0.2, -0.15) is 13.2 Å². The van der Waals surface area contributed by atoms with Crippen molar-refractivity contribution in [1.82, 2.24) is 24.5 Å². The molecule has 68 heavy (non-hydrogen) atoms. The number of fused-ring (bicyclic) bond motifs is 1. The lowest BCUT2D eigenvalue weighted by Crippen LogP contribution is -2.47. The first-order valence-corrected chi connectivity index (χ1v) is 25.1. The zero-order chi connectivity index (χ0) is 48.6. The molecular weight excluding hydrogens is 951 g/mol. The number of sulfone groups is 1. The van der Waals surface area contributed by atoms with E-state index in [1.165, 1.54) is 29.0 Å². The van der Waals surface area contributed by atoms with Gasteiger partial charge in [-0.15, -0.1) is 0 Å². The third kappa shape index (κ3) is 10.9. The van der Waals surface area contributed by atoms with Crippen LogP contribution in [0.15, 0.2) is 101 Å². The van der Waals surface area contributed by atoms with Crippen LogP contribution in [0.1, 0.15) is 49.0 Å². The number of morpholine rings is 1. The van der Waals surface area contributed by atoms with Crippen LogP contribution in [-0.2, 0) is 24.6 Å². The fourth-order valence-corrected chi connectivity index (χ4v) is 10.8. The Balaban J connectivity index is 1.03. The lowest BCUT2D eigenvalue weighted by atomic mass is 9.72. The first-order chi connectivity index (χ1) is 32.2. The minimum absolute atomic E-state index is 0.0139. The number of benzene rings is 3. The number of anilines is 2. The number of allylic oxidation sites excluding steroid dienone is 1. The predicted molar refractivity (Wildman–Crippen MR) is 249 cm³/mol. The smallest absolute Gasteiger partial charge is 0.465 e. The third-order valence-corrected chi connectivity index (χ3v) is 15.5. The highest BCUT2D eigenvalue weighted by Crippen LogP contribution is 2.44. The summed E-state index contributed by atoms with van der Waals surface area (Å²) in [6.45, 7) is 7.64. The van der Waals surface area contributed by atoms with E-state index in [1.807, 2.05) is 16.9 Å². The summed E-state index contributed by atoms with van der Waals surface area (Å²) in [6, 6.07) is 18.0. The Morgan fingerprint density at radius 1 is 0.985 bits per heavy atom. The molecule has 1 aliphatic carbocycles. The summed E-state index contributed by atoms with van der Waals surface area (Å²) < 4.78 is 109. The molecule has 0 saturated carbocycles. The Labute approximate surface area is 396 Å². The number of hydrogen-bond donors (Lipinski definition) is 4. The molecule has 0 radical (unpaired) electrons. The lowest BCUT2D eigenvalue weighted by Gasteiger charge is -2.39. The van der Waals surface area contributed by atoms with Crippen molar-refractivity contribution in [2.24, 2.45) is 5.41 Å². The number of sulfonamides is 1. The summed E-state index contributed by atoms with van der Waals surface area (Å²) in [5.41, 5.74) is -1.38. The second-order valence-electron chi connectivity index (χ2n) is 17.7. The van der Waals surface area contributed by atoms with Crippen molar-refractivity contribution in [3.05, 3.63) is 107 Å². The van der Waals surface area contributed by atoms with Crippen LogP contribution in [0.2, 0.25) is 5.02 Å². The van der Waals surface area contributed by atoms with Gasteiger partial charge >= 0.3 is 11.6 Å². The molecule has 3 aromatic carbocycles. The van der Waals surface area contributed by atoms with E-state index in [1.54, 1.807) is 30.5 Å². The van der Waals surface area contributed by atoms with Crippen molar-refractivity contribution < 1.29 is 54.2 Å². The number of carbonyl (C=O) groups is 2. The Morgan fingerprint density at radius 2 is 1.74 bits per heavy atom. The van der Waals surface area contributed by atoms with Gasteiger partial charge in [-0.05, 0) is 90.4 Å². The molecule has 2 amide bonds. The molecule has 2 aliphatic heterocycles. The summed E-state index contributed by atoms with van der Waals surface area (Å²) in [6.07, 6.45) is 4.01. The molecular formula is C46H49ClF3N7O9S2. The number of rotatable bonds is 13. The Morgan fingerprint density at radius 3 is 2.46 bits per heavy atom. The van der Waals surface area contributed by atoms with Gasteiger partial charge in [-0.25, -0.2) is 31.3 Å². The normalized spacial score (nSPS) is 18.4. The average Bonchev–Trinajstić information content (AvgIpc) is 3.77. The van der Waals surface area contributed by atoms with Gasteiger partial charge in [0.05, 0.1) is 41.6 Å². The fraction of sp³-hybridized carbons (Fsp3) is 0.370. The van der Waals surface area contributed by atoms with Crippen LogP contribution in [0.25, 0.3) is 16.6 Å². The predicted octanol–water partition coefficient (Wildman–Crippen LogP) is 8.00. The number of hydrogen-bond acceptors (Lipinski definition) is 12. The van der Waals surface area contributed by atoms with Gasteiger partial charge < -0.3 is 34.7 Å². The molecule has 4 heterocycles. The number of aromatic nitrogens is 2. The quantitative estimate of drug-likeness (QED) is 0.0885. The van der Waals surface area contributed by atoms with Crippen molar-refractivity contribution in [3.8, 4) is 11.5 Å². The summed E-state index contributed by atoms with van der Waals surface area (Å²) in [5, 5.41) is 13.2. The van der Waals surface area contributed by atoms with Gasteiger partial charge in [0.15, 0.2) is 0 Å². The van der Waals surface area contributed by atoms with Crippen LogP contribution in [0, 0.1) is 5.41 Å². The molecule has 16 nitrogen and oxygen atoms in total. The number of carbonyl (C=O) groups excluding carboxylic acids is 1. The van der Waals surface area contributed by atoms with Crippen molar-refractivity contribution >= 4 is 71.4 Å². The average molecular weight is 1000 g/mol. The highest BCUT2D eigenvalue weighted by molar-refractivity contribution is 7.92. The Hall–Kier alpha value is -5.87. The summed E-state index contributed by atoms with van der Waals surface area (Å²) in [7, 11) is -11.2. The highest BCUT2D eigenvalue weighted by Gasteiger charge is 2.48. The number of carboxylic acid groups (broad SMARTS) is 1. The van der Waals surface area contributed by atoms with E-state index in [4.69, 9.17) is 21.1 Å². The SMILES string of the molecule is CC1(C)CCC(CN2CCN(c3ccc(C(=O)NS(=O)(=O)c4ccc(NCC5CN(C(=O)O)CCO5)c(S(=O)(=O)C(F)(F)F)c4)c(Oc4cnc5[nH]ccc5c4)c3)CC2)=C(c2ccc(Cl)cc2)C1. The molecule has 2 fully saturated rings. The van der Waals surface area contributed by atoms with E-state index in [-0.39, 0.29) is 48.7 Å². The minimum Gasteiger partial charge on any atom is -0.465 e. The number of nitrogens with one attached hydrogen (secondary N) is 3. The number of nitrogens with zero attached hydrogens (tertiary/aromatic N) is 4. The molecule has 5 aromatic rings. The Kier molecular flexibility index (Phi) is 13.8. The van der Waals surface area contributed by atoms with Crippen molar-refractivity contribution in [2.45, 2.75) is 54.5 Å². The second kappa shape index (κ2) is 19.3. The molecule has 0 spiro atoms. The van der Waals surface area contributed by atoms with Crippen molar-refractivity contribution in [2.75, 3.05) is 69.2 Å². The largest absolute Gasteiger partial charge is 0.501 e. The standard InChI is InChI=1S/C46H49ClF3N7O9S2/c1-45(2)13-11-31(38(24-45)29-3-5-32(47)6-4-29)27-55-15-17-56(18-16-55)33-7-9-37(40(22-33)66-34-21-30-12-14-51-42(30)53-25-34)43(58)54-68(63,64)36-8-10-39(41(23-36)67(61,62)46(48,49)50)52-26-35-28-57(44(59)60)19-20-65-35/h3-10,12,14,21-23,25,35,52H,11,13,15-20,24,26-28H2,1-2H3,(H,51,53)(H,54,58)(H,59,60). The van der Waals surface area contributed by atoms with Gasteiger partial charge in [0.2, 0.25) is 0 Å². The zero-order valence-electron chi connectivity index (χ0n) is 37.0. The van der Waals surface area contributed by atoms with Crippen LogP contribution in [0.3, 0.4) is 0 Å². The molecule has 8 rings (SSSR count). The minimum atomic E-state index is -6.17.